The van der Waals surface area contributed by atoms with Gasteiger partial charge in [0.05, 0.1) is 12.1 Å². The molecule has 5 nitrogen and oxygen atoms in total. The fraction of sp³-hybridized carbons (Fsp3) is 0.385. The second-order valence-electron chi connectivity index (χ2n) is 4.91. The molecule has 0 radical (unpaired) electrons. The summed E-state index contributed by atoms with van der Waals surface area (Å²) in [7, 11) is 0. The Morgan fingerprint density at radius 2 is 2.00 bits per heavy atom. The summed E-state index contributed by atoms with van der Waals surface area (Å²) in [6.45, 7) is 4.95. The lowest BCUT2D eigenvalue weighted by Gasteiger charge is -2.17. The lowest BCUT2D eigenvalue weighted by atomic mass is 10.1. The number of benzene rings is 1. The van der Waals surface area contributed by atoms with Gasteiger partial charge in [-0.1, -0.05) is 15.9 Å². The van der Waals surface area contributed by atoms with E-state index in [0.717, 1.165) is 15.7 Å². The van der Waals surface area contributed by atoms with Gasteiger partial charge in [0.1, 0.15) is 0 Å². The van der Waals surface area contributed by atoms with Gasteiger partial charge in [0.25, 0.3) is 0 Å². The lowest BCUT2D eigenvalue weighted by molar-refractivity contribution is -0.127. The number of hydrogen-bond acceptors (Lipinski definition) is 3. The van der Waals surface area contributed by atoms with Crippen molar-refractivity contribution < 1.29 is 9.59 Å². The van der Waals surface area contributed by atoms with Crippen molar-refractivity contribution in [1.29, 1.82) is 0 Å². The van der Waals surface area contributed by atoms with E-state index >= 15 is 0 Å². The van der Waals surface area contributed by atoms with Crippen LogP contribution >= 0.6 is 15.9 Å². The van der Waals surface area contributed by atoms with Gasteiger partial charge in [0, 0.05) is 10.2 Å². The minimum absolute atomic E-state index is 0.102. The molecule has 0 spiro atoms. The number of nitrogens with two attached hydrogens (primary N) is 1. The summed E-state index contributed by atoms with van der Waals surface area (Å²) in [4.78, 5) is 23.2. The summed E-state index contributed by atoms with van der Waals surface area (Å²) >= 11 is 3.35. The smallest absolute Gasteiger partial charge is 0.243 e. The fourth-order valence-corrected chi connectivity index (χ4v) is 1.83. The van der Waals surface area contributed by atoms with Crippen LogP contribution in [0.15, 0.2) is 22.7 Å². The molecule has 0 saturated carbocycles. The standard InChI is InChI=1S/C13H18BrN3O2/c1-8-6-9(14)4-5-10(8)17-11(18)7-16-12(19)13(2,3)15/h4-6H,7,15H2,1-3H3,(H,16,19)(H,17,18). The van der Waals surface area contributed by atoms with Crippen LogP contribution in [0.4, 0.5) is 5.69 Å². The van der Waals surface area contributed by atoms with Crippen LogP contribution in [0.1, 0.15) is 19.4 Å². The average Bonchev–Trinajstić information content (AvgIpc) is 2.28. The van der Waals surface area contributed by atoms with E-state index in [9.17, 15) is 9.59 Å². The number of carbonyl (C=O) groups excluding carboxylic acids is 2. The number of aryl methyl sites for hydroxylation is 1. The molecular formula is C13H18BrN3O2. The minimum Gasteiger partial charge on any atom is -0.345 e. The summed E-state index contributed by atoms with van der Waals surface area (Å²) in [6.07, 6.45) is 0. The molecule has 0 atom stereocenters. The third-order valence-electron chi connectivity index (χ3n) is 2.46. The van der Waals surface area contributed by atoms with Crippen LogP contribution in [-0.2, 0) is 9.59 Å². The second kappa shape index (κ2) is 6.16. The van der Waals surface area contributed by atoms with E-state index in [4.69, 9.17) is 5.73 Å². The molecule has 0 heterocycles. The maximum atomic E-state index is 11.7. The highest BCUT2D eigenvalue weighted by atomic mass is 79.9. The van der Waals surface area contributed by atoms with Crippen molar-refractivity contribution >= 4 is 33.4 Å². The van der Waals surface area contributed by atoms with Crippen molar-refractivity contribution in [2.75, 3.05) is 11.9 Å². The molecular weight excluding hydrogens is 310 g/mol. The van der Waals surface area contributed by atoms with Crippen LogP contribution in [0.5, 0.6) is 0 Å². The third-order valence-corrected chi connectivity index (χ3v) is 2.95. The molecule has 1 aromatic rings. The normalized spacial score (nSPS) is 11.0. The number of amides is 2. The second-order valence-corrected chi connectivity index (χ2v) is 5.83. The molecule has 6 heteroatoms. The highest BCUT2D eigenvalue weighted by Gasteiger charge is 2.21. The van der Waals surface area contributed by atoms with Gasteiger partial charge in [0.2, 0.25) is 11.8 Å². The number of rotatable bonds is 4. The quantitative estimate of drug-likeness (QED) is 0.784. The van der Waals surface area contributed by atoms with E-state index in [1.54, 1.807) is 19.9 Å². The first-order chi connectivity index (χ1) is 8.70. The molecule has 1 aromatic carbocycles. The van der Waals surface area contributed by atoms with Crippen molar-refractivity contribution in [2.24, 2.45) is 5.73 Å². The lowest BCUT2D eigenvalue weighted by Crippen LogP contribution is -2.50. The predicted molar refractivity (Wildman–Crippen MR) is 78.8 cm³/mol. The third kappa shape index (κ3) is 5.00. The van der Waals surface area contributed by atoms with Gasteiger partial charge in [-0.05, 0) is 44.5 Å². The van der Waals surface area contributed by atoms with Crippen LogP contribution in [-0.4, -0.2) is 23.9 Å². The molecule has 0 aliphatic heterocycles. The van der Waals surface area contributed by atoms with E-state index in [1.165, 1.54) is 0 Å². The molecule has 0 aliphatic carbocycles. The highest BCUT2D eigenvalue weighted by Crippen LogP contribution is 2.19. The summed E-state index contributed by atoms with van der Waals surface area (Å²) in [6, 6.07) is 5.54. The molecule has 0 bridgehead atoms. The number of nitrogens with one attached hydrogen (secondary N) is 2. The van der Waals surface area contributed by atoms with Gasteiger partial charge in [0.15, 0.2) is 0 Å². The maximum absolute atomic E-state index is 11.7. The number of carbonyl (C=O) groups is 2. The Bertz CT molecular complexity index is 495. The molecule has 0 fully saturated rings. The van der Waals surface area contributed by atoms with Crippen molar-refractivity contribution in [3.05, 3.63) is 28.2 Å². The Hall–Kier alpha value is -1.40. The molecule has 2 amide bonds. The minimum atomic E-state index is -0.992. The molecule has 0 unspecified atom stereocenters. The first-order valence-corrected chi connectivity index (χ1v) is 6.62. The Morgan fingerprint density at radius 1 is 1.37 bits per heavy atom. The van der Waals surface area contributed by atoms with Gasteiger partial charge in [-0.3, -0.25) is 9.59 Å². The van der Waals surface area contributed by atoms with E-state index in [2.05, 4.69) is 26.6 Å². The molecule has 19 heavy (non-hydrogen) atoms. The first-order valence-electron chi connectivity index (χ1n) is 5.83. The van der Waals surface area contributed by atoms with Crippen LogP contribution in [0.2, 0.25) is 0 Å². The van der Waals surface area contributed by atoms with E-state index in [0.29, 0.717) is 0 Å². The maximum Gasteiger partial charge on any atom is 0.243 e. The summed E-state index contributed by atoms with van der Waals surface area (Å²) in [5.74, 6) is -0.654. The summed E-state index contributed by atoms with van der Waals surface area (Å²) in [5.41, 5.74) is 6.27. The Labute approximate surface area is 121 Å². The van der Waals surface area contributed by atoms with E-state index < -0.39 is 5.54 Å². The monoisotopic (exact) mass is 327 g/mol. The zero-order valence-electron chi connectivity index (χ0n) is 11.2. The van der Waals surface area contributed by atoms with Crippen LogP contribution in [0.3, 0.4) is 0 Å². The van der Waals surface area contributed by atoms with Crippen molar-refractivity contribution in [3.8, 4) is 0 Å². The topological polar surface area (TPSA) is 84.2 Å². The predicted octanol–water partition coefficient (Wildman–Crippen LogP) is 1.55. The SMILES string of the molecule is Cc1cc(Br)ccc1NC(=O)CNC(=O)C(C)(C)N. The van der Waals surface area contributed by atoms with Gasteiger partial charge < -0.3 is 16.4 Å². The van der Waals surface area contributed by atoms with Crippen molar-refractivity contribution in [1.82, 2.24) is 5.32 Å². The van der Waals surface area contributed by atoms with Crippen LogP contribution < -0.4 is 16.4 Å². The van der Waals surface area contributed by atoms with Crippen LogP contribution in [0, 0.1) is 6.92 Å². The van der Waals surface area contributed by atoms with Gasteiger partial charge in [-0.25, -0.2) is 0 Å². The summed E-state index contributed by atoms with van der Waals surface area (Å²) < 4.78 is 0.946. The molecule has 4 N–H and O–H groups in total. The van der Waals surface area contributed by atoms with Gasteiger partial charge >= 0.3 is 0 Å². The zero-order chi connectivity index (χ0) is 14.6. The number of anilines is 1. The molecule has 104 valence electrons. The Balaban J connectivity index is 2.54. The van der Waals surface area contributed by atoms with Gasteiger partial charge in [-0.2, -0.15) is 0 Å². The van der Waals surface area contributed by atoms with Gasteiger partial charge in [-0.15, -0.1) is 0 Å². The summed E-state index contributed by atoms with van der Waals surface area (Å²) in [5, 5.41) is 5.22. The largest absolute Gasteiger partial charge is 0.345 e. The van der Waals surface area contributed by atoms with Crippen LogP contribution in [0.25, 0.3) is 0 Å². The fourth-order valence-electron chi connectivity index (χ4n) is 1.35. The van der Waals surface area contributed by atoms with Crippen molar-refractivity contribution in [3.63, 3.8) is 0 Å². The molecule has 1 rings (SSSR count). The average molecular weight is 328 g/mol. The Morgan fingerprint density at radius 3 is 2.53 bits per heavy atom. The molecule has 0 aromatic heterocycles. The molecule has 0 saturated heterocycles. The number of hydrogen-bond donors (Lipinski definition) is 3. The highest BCUT2D eigenvalue weighted by molar-refractivity contribution is 9.10. The molecule has 0 aliphatic rings. The number of halogens is 1. The zero-order valence-corrected chi connectivity index (χ0v) is 12.8. The van der Waals surface area contributed by atoms with E-state index in [1.807, 2.05) is 19.1 Å². The Kier molecular flexibility index (Phi) is 5.08. The first kappa shape index (κ1) is 15.7. The van der Waals surface area contributed by atoms with Crippen molar-refractivity contribution in [2.45, 2.75) is 26.3 Å². The van der Waals surface area contributed by atoms with E-state index in [-0.39, 0.29) is 18.4 Å².